The monoisotopic (exact) mass is 306 g/mol. The van der Waals surface area contributed by atoms with Gasteiger partial charge in [-0.05, 0) is 26.7 Å². The Hall–Kier alpha value is -0.210. The Morgan fingerprint density at radius 3 is 2.25 bits per heavy atom. The maximum atomic E-state index is 12.7. The van der Waals surface area contributed by atoms with Gasteiger partial charge in [-0.25, -0.2) is 0 Å². The molecule has 1 N–H and O–H groups in total. The van der Waals surface area contributed by atoms with Crippen molar-refractivity contribution in [2.75, 3.05) is 20.1 Å². The molecule has 6 nitrogen and oxygen atoms in total. The van der Waals surface area contributed by atoms with Crippen molar-refractivity contribution in [3.05, 3.63) is 0 Å². The Bertz CT molecular complexity index is 418. The van der Waals surface area contributed by atoms with E-state index in [4.69, 9.17) is 4.74 Å². The van der Waals surface area contributed by atoms with Gasteiger partial charge in [0.1, 0.15) is 0 Å². The second-order valence-corrected chi connectivity index (χ2v) is 8.01. The van der Waals surface area contributed by atoms with Crippen molar-refractivity contribution >= 4 is 10.2 Å². The minimum atomic E-state index is -3.53. The molecule has 0 aromatic rings. The first kappa shape index (κ1) is 16.2. The smallest absolute Gasteiger partial charge is 0.282 e. The lowest BCUT2D eigenvalue weighted by molar-refractivity contribution is -0.0463. The summed E-state index contributed by atoms with van der Waals surface area (Å²) in [5.74, 6) is 0. The molecule has 0 amide bonds. The van der Waals surface area contributed by atoms with Gasteiger partial charge in [-0.1, -0.05) is 12.8 Å². The first-order valence-corrected chi connectivity index (χ1v) is 8.78. The van der Waals surface area contributed by atoms with E-state index >= 15 is 0 Å². The van der Waals surface area contributed by atoms with Crippen molar-refractivity contribution in [1.29, 1.82) is 0 Å². The molecule has 118 valence electrons. The molecular formula is C13H26N2O4S. The fraction of sp³-hybridized carbons (Fsp3) is 1.00. The Balaban J connectivity index is 2.12. The van der Waals surface area contributed by atoms with Crippen LogP contribution in [0.2, 0.25) is 0 Å². The van der Waals surface area contributed by atoms with Crippen LogP contribution in [0.4, 0.5) is 0 Å². The van der Waals surface area contributed by atoms with Gasteiger partial charge in [0.05, 0.1) is 24.4 Å². The van der Waals surface area contributed by atoms with Gasteiger partial charge in [0.25, 0.3) is 10.2 Å². The Morgan fingerprint density at radius 2 is 1.70 bits per heavy atom. The van der Waals surface area contributed by atoms with E-state index < -0.39 is 16.3 Å². The van der Waals surface area contributed by atoms with Crippen molar-refractivity contribution in [2.24, 2.45) is 0 Å². The quantitative estimate of drug-likeness (QED) is 0.828. The van der Waals surface area contributed by atoms with E-state index in [9.17, 15) is 13.5 Å². The van der Waals surface area contributed by atoms with E-state index in [2.05, 4.69) is 0 Å². The number of morpholine rings is 1. The van der Waals surface area contributed by atoms with Gasteiger partial charge in [-0.3, -0.25) is 0 Å². The number of likely N-dealkylation sites (N-methyl/N-ethyl adjacent to an activating group) is 1. The van der Waals surface area contributed by atoms with Gasteiger partial charge in [-0.2, -0.15) is 17.0 Å². The molecule has 0 spiro atoms. The van der Waals surface area contributed by atoms with Gasteiger partial charge in [0, 0.05) is 20.1 Å². The van der Waals surface area contributed by atoms with Crippen molar-refractivity contribution in [3.8, 4) is 0 Å². The van der Waals surface area contributed by atoms with E-state index in [1.54, 1.807) is 7.05 Å². The Labute approximate surface area is 121 Å². The summed E-state index contributed by atoms with van der Waals surface area (Å²) < 4.78 is 33.8. The molecule has 4 unspecified atom stereocenters. The molecule has 0 radical (unpaired) electrons. The molecule has 4 atom stereocenters. The number of aliphatic hydroxyl groups excluding tert-OH is 1. The summed E-state index contributed by atoms with van der Waals surface area (Å²) in [6, 6.07) is -0.304. The fourth-order valence-corrected chi connectivity index (χ4v) is 4.94. The largest absolute Gasteiger partial charge is 0.391 e. The Kier molecular flexibility index (Phi) is 5.07. The lowest BCUT2D eigenvalue weighted by Gasteiger charge is -2.40. The van der Waals surface area contributed by atoms with Gasteiger partial charge in [-0.15, -0.1) is 0 Å². The first-order chi connectivity index (χ1) is 9.32. The number of nitrogens with zero attached hydrogens (tertiary/aromatic N) is 2. The van der Waals surface area contributed by atoms with E-state index in [0.717, 1.165) is 19.3 Å². The SMILES string of the molecule is CC1CN(S(=O)(=O)N(C)C2CCCCC2O)CC(C)O1. The second kappa shape index (κ2) is 6.27. The summed E-state index contributed by atoms with van der Waals surface area (Å²) in [6.07, 6.45) is 2.59. The minimum absolute atomic E-state index is 0.0989. The maximum absolute atomic E-state index is 12.7. The van der Waals surface area contributed by atoms with E-state index in [1.165, 1.54) is 8.61 Å². The average molecular weight is 306 g/mol. The number of rotatable bonds is 3. The van der Waals surface area contributed by atoms with E-state index in [1.807, 2.05) is 13.8 Å². The van der Waals surface area contributed by atoms with Crippen LogP contribution in [0.25, 0.3) is 0 Å². The van der Waals surface area contributed by atoms with Crippen LogP contribution in [0.3, 0.4) is 0 Å². The molecule has 0 aromatic carbocycles. The molecule has 1 aliphatic heterocycles. The highest BCUT2D eigenvalue weighted by atomic mass is 32.2. The standard InChI is InChI=1S/C13H26N2O4S/c1-10-8-15(9-11(2)19-10)20(17,18)14(3)12-6-4-5-7-13(12)16/h10-13,16H,4-9H2,1-3H3. The van der Waals surface area contributed by atoms with Crippen LogP contribution >= 0.6 is 0 Å². The highest BCUT2D eigenvalue weighted by Crippen LogP contribution is 2.26. The van der Waals surface area contributed by atoms with Crippen LogP contribution in [-0.4, -0.2) is 66.6 Å². The molecule has 0 aromatic heterocycles. The normalized spacial score (nSPS) is 37.2. The highest BCUT2D eigenvalue weighted by Gasteiger charge is 2.39. The van der Waals surface area contributed by atoms with Crippen LogP contribution in [0.1, 0.15) is 39.5 Å². The van der Waals surface area contributed by atoms with E-state index in [0.29, 0.717) is 19.5 Å². The molecule has 2 fully saturated rings. The van der Waals surface area contributed by atoms with Crippen LogP contribution in [0.15, 0.2) is 0 Å². The van der Waals surface area contributed by atoms with Crippen molar-refractivity contribution < 1.29 is 18.3 Å². The third-order valence-electron chi connectivity index (χ3n) is 4.24. The zero-order valence-electron chi connectivity index (χ0n) is 12.5. The Morgan fingerprint density at radius 1 is 1.15 bits per heavy atom. The van der Waals surface area contributed by atoms with Crippen LogP contribution < -0.4 is 0 Å². The average Bonchev–Trinajstić information content (AvgIpc) is 2.37. The lowest BCUT2D eigenvalue weighted by atomic mass is 9.93. The zero-order valence-corrected chi connectivity index (χ0v) is 13.3. The second-order valence-electron chi connectivity index (χ2n) is 6.02. The van der Waals surface area contributed by atoms with Gasteiger partial charge < -0.3 is 9.84 Å². The van der Waals surface area contributed by atoms with E-state index in [-0.39, 0.29) is 18.2 Å². The zero-order chi connectivity index (χ0) is 14.9. The first-order valence-electron chi connectivity index (χ1n) is 7.39. The van der Waals surface area contributed by atoms with Gasteiger partial charge >= 0.3 is 0 Å². The number of ether oxygens (including phenoxy) is 1. The lowest BCUT2D eigenvalue weighted by Crippen LogP contribution is -2.56. The molecule has 2 aliphatic rings. The summed E-state index contributed by atoms with van der Waals surface area (Å²) >= 11 is 0. The van der Waals surface area contributed by atoms with Crippen LogP contribution in [0, 0.1) is 0 Å². The fourth-order valence-electron chi connectivity index (χ4n) is 3.19. The molecule has 1 saturated heterocycles. The predicted molar refractivity (Wildman–Crippen MR) is 76.5 cm³/mol. The molecule has 1 aliphatic carbocycles. The van der Waals surface area contributed by atoms with Gasteiger partial charge in [0.15, 0.2) is 0 Å². The predicted octanol–water partition coefficient (Wildman–Crippen LogP) is 0.576. The molecule has 0 bridgehead atoms. The summed E-state index contributed by atoms with van der Waals surface area (Å²) in [4.78, 5) is 0. The van der Waals surface area contributed by atoms with Crippen molar-refractivity contribution in [1.82, 2.24) is 8.61 Å². The van der Waals surface area contributed by atoms with Crippen molar-refractivity contribution in [3.63, 3.8) is 0 Å². The third kappa shape index (κ3) is 3.33. The molecular weight excluding hydrogens is 280 g/mol. The van der Waals surface area contributed by atoms with Crippen LogP contribution in [0.5, 0.6) is 0 Å². The number of aliphatic hydroxyl groups is 1. The number of hydrogen-bond acceptors (Lipinski definition) is 4. The summed E-state index contributed by atoms with van der Waals surface area (Å²) in [5.41, 5.74) is 0. The summed E-state index contributed by atoms with van der Waals surface area (Å²) in [7, 11) is -1.95. The van der Waals surface area contributed by atoms with Crippen molar-refractivity contribution in [2.45, 2.75) is 63.9 Å². The molecule has 7 heteroatoms. The third-order valence-corrected chi connectivity index (χ3v) is 6.19. The highest BCUT2D eigenvalue weighted by molar-refractivity contribution is 7.86. The number of hydrogen-bond donors (Lipinski definition) is 1. The minimum Gasteiger partial charge on any atom is -0.391 e. The summed E-state index contributed by atoms with van der Waals surface area (Å²) in [5, 5.41) is 10.1. The topological polar surface area (TPSA) is 70.1 Å². The van der Waals surface area contributed by atoms with Crippen LogP contribution in [-0.2, 0) is 14.9 Å². The maximum Gasteiger partial charge on any atom is 0.282 e. The summed E-state index contributed by atoms with van der Waals surface area (Å²) in [6.45, 7) is 4.51. The molecule has 1 saturated carbocycles. The van der Waals surface area contributed by atoms with Gasteiger partial charge in [0.2, 0.25) is 0 Å². The molecule has 1 heterocycles. The molecule has 2 rings (SSSR count). The molecule has 20 heavy (non-hydrogen) atoms.